The molecule has 5 nitrogen and oxygen atoms in total. The van der Waals surface area contributed by atoms with Crippen molar-refractivity contribution in [2.75, 3.05) is 0 Å². The lowest BCUT2D eigenvalue weighted by Crippen LogP contribution is -2.41. The van der Waals surface area contributed by atoms with Gasteiger partial charge in [0.1, 0.15) is 0 Å². The summed E-state index contributed by atoms with van der Waals surface area (Å²) in [6.07, 6.45) is 4.02. The van der Waals surface area contributed by atoms with Crippen LogP contribution in [0.1, 0.15) is 58.8 Å². The monoisotopic (exact) mass is 269 g/mol. The Hall–Kier alpha value is -1.57. The van der Waals surface area contributed by atoms with E-state index in [2.05, 4.69) is 0 Å². The number of hydrogen-bond donors (Lipinski definition) is 2. The van der Waals surface area contributed by atoms with Crippen LogP contribution in [0.2, 0.25) is 0 Å². The number of rotatable bonds is 10. The minimum absolute atomic E-state index is 0.0957. The molecule has 2 N–H and O–H groups in total. The first-order valence-corrected chi connectivity index (χ1v) is 6.83. The molecule has 0 aliphatic heterocycles. The minimum Gasteiger partial charge on any atom is -0.481 e. The lowest BCUT2D eigenvalue weighted by molar-refractivity contribution is -0.159. The van der Waals surface area contributed by atoms with Crippen LogP contribution in [0.3, 0.4) is 0 Å². The fraction of sp³-hybridized carbons (Fsp3) is 0.786. The van der Waals surface area contributed by atoms with Crippen LogP contribution in [-0.4, -0.2) is 22.2 Å². The summed E-state index contributed by atoms with van der Waals surface area (Å²) in [6, 6.07) is 1.78. The normalized spacial score (nSPS) is 15.2. The van der Waals surface area contributed by atoms with E-state index in [4.69, 9.17) is 0 Å². The van der Waals surface area contributed by atoms with Crippen molar-refractivity contribution in [3.63, 3.8) is 0 Å². The van der Waals surface area contributed by atoms with Gasteiger partial charge in [0.15, 0.2) is 5.41 Å². The molecule has 5 heteroatoms. The molecule has 0 aromatic carbocycles. The van der Waals surface area contributed by atoms with Crippen LogP contribution < -0.4 is 0 Å². The molecule has 2 atom stereocenters. The van der Waals surface area contributed by atoms with E-state index < -0.39 is 23.3 Å². The van der Waals surface area contributed by atoms with Crippen LogP contribution in [0.25, 0.3) is 0 Å². The van der Waals surface area contributed by atoms with E-state index in [1.54, 1.807) is 6.07 Å². The molecule has 0 amide bonds. The predicted molar refractivity (Wildman–Crippen MR) is 70.5 cm³/mol. The van der Waals surface area contributed by atoms with Crippen LogP contribution in [-0.2, 0) is 9.59 Å². The van der Waals surface area contributed by atoms with Gasteiger partial charge < -0.3 is 10.2 Å². The van der Waals surface area contributed by atoms with Crippen molar-refractivity contribution in [2.24, 2.45) is 11.3 Å². The Balaban J connectivity index is 5.19. The van der Waals surface area contributed by atoms with Gasteiger partial charge in [-0.25, -0.2) is 0 Å². The standard InChI is InChI=1S/C14H23NO4/c1-3-5-7-8-11(12(16)17)14(10-15,13(18)19)9-6-4-2/h11H,3-9H2,1-2H3,(H,16,17)(H,18,19). The molecule has 0 saturated heterocycles. The SMILES string of the molecule is CCCCCC(C(=O)O)C(C#N)(CCCC)C(=O)O. The molecular weight excluding hydrogens is 246 g/mol. The van der Waals surface area contributed by atoms with Crippen LogP contribution >= 0.6 is 0 Å². The van der Waals surface area contributed by atoms with Crippen LogP contribution in [0.4, 0.5) is 0 Å². The maximum Gasteiger partial charge on any atom is 0.324 e. The molecule has 2 unspecified atom stereocenters. The van der Waals surface area contributed by atoms with Gasteiger partial charge in [0.25, 0.3) is 0 Å². The van der Waals surface area contributed by atoms with Crippen molar-refractivity contribution in [1.29, 1.82) is 5.26 Å². The highest BCUT2D eigenvalue weighted by molar-refractivity contribution is 5.86. The number of hydrogen-bond acceptors (Lipinski definition) is 3. The van der Waals surface area contributed by atoms with Crippen LogP contribution in [0, 0.1) is 22.7 Å². The minimum atomic E-state index is -1.80. The molecule has 0 saturated carbocycles. The zero-order valence-corrected chi connectivity index (χ0v) is 11.7. The molecule has 108 valence electrons. The Bertz CT molecular complexity index is 348. The van der Waals surface area contributed by atoms with E-state index in [-0.39, 0.29) is 12.8 Å². The third-order valence-electron chi connectivity index (χ3n) is 3.50. The second kappa shape index (κ2) is 8.52. The van der Waals surface area contributed by atoms with Crippen molar-refractivity contribution in [1.82, 2.24) is 0 Å². The number of carbonyl (C=O) groups is 2. The largest absolute Gasteiger partial charge is 0.481 e. The van der Waals surface area contributed by atoms with Crippen LogP contribution in [0.5, 0.6) is 0 Å². The van der Waals surface area contributed by atoms with Crippen molar-refractivity contribution >= 4 is 11.9 Å². The molecule has 0 aromatic heterocycles. The van der Waals surface area contributed by atoms with Gasteiger partial charge in [0, 0.05) is 0 Å². The predicted octanol–water partition coefficient (Wildman–Crippen LogP) is 3.05. The van der Waals surface area contributed by atoms with E-state index >= 15 is 0 Å². The van der Waals surface area contributed by atoms with Gasteiger partial charge in [0.05, 0.1) is 12.0 Å². The Kier molecular flexibility index (Phi) is 7.81. The summed E-state index contributed by atoms with van der Waals surface area (Å²) in [5, 5.41) is 27.9. The highest BCUT2D eigenvalue weighted by atomic mass is 16.4. The second-order valence-electron chi connectivity index (χ2n) is 4.88. The van der Waals surface area contributed by atoms with E-state index in [0.717, 1.165) is 19.3 Å². The fourth-order valence-corrected chi connectivity index (χ4v) is 2.25. The van der Waals surface area contributed by atoms with E-state index in [1.165, 1.54) is 0 Å². The van der Waals surface area contributed by atoms with E-state index in [9.17, 15) is 25.1 Å². The van der Waals surface area contributed by atoms with Gasteiger partial charge in [-0.1, -0.05) is 46.0 Å². The van der Waals surface area contributed by atoms with Gasteiger partial charge in [-0.15, -0.1) is 0 Å². The fourth-order valence-electron chi connectivity index (χ4n) is 2.25. The zero-order chi connectivity index (χ0) is 14.9. The Labute approximate surface area is 114 Å². The second-order valence-corrected chi connectivity index (χ2v) is 4.88. The quantitative estimate of drug-likeness (QED) is 0.594. The first-order valence-electron chi connectivity index (χ1n) is 6.83. The maximum atomic E-state index is 11.5. The number of unbranched alkanes of at least 4 members (excludes halogenated alkanes) is 3. The first-order chi connectivity index (χ1) is 8.96. The molecule has 19 heavy (non-hydrogen) atoms. The molecule has 0 heterocycles. The third-order valence-corrected chi connectivity index (χ3v) is 3.50. The molecule has 0 rings (SSSR count). The zero-order valence-electron chi connectivity index (χ0n) is 11.7. The summed E-state index contributed by atoms with van der Waals surface area (Å²) in [4.78, 5) is 22.8. The molecule has 0 aliphatic carbocycles. The molecule has 0 spiro atoms. The summed E-state index contributed by atoms with van der Waals surface area (Å²) < 4.78 is 0. The van der Waals surface area contributed by atoms with Gasteiger partial charge in [-0.2, -0.15) is 5.26 Å². The van der Waals surface area contributed by atoms with E-state index in [1.807, 2.05) is 13.8 Å². The average molecular weight is 269 g/mol. The third kappa shape index (κ3) is 4.55. The smallest absolute Gasteiger partial charge is 0.324 e. The Morgan fingerprint density at radius 2 is 1.74 bits per heavy atom. The molecule has 0 bridgehead atoms. The van der Waals surface area contributed by atoms with Gasteiger partial charge in [-0.05, 0) is 12.8 Å². The molecule has 0 radical (unpaired) electrons. The number of nitrogens with zero attached hydrogens (tertiary/aromatic N) is 1. The van der Waals surface area contributed by atoms with Crippen molar-refractivity contribution in [2.45, 2.75) is 58.8 Å². The summed E-state index contributed by atoms with van der Waals surface area (Å²) in [7, 11) is 0. The number of carboxylic acid groups (broad SMARTS) is 2. The molecule has 0 fully saturated rings. The lowest BCUT2D eigenvalue weighted by atomic mass is 9.71. The van der Waals surface area contributed by atoms with E-state index in [0.29, 0.717) is 12.8 Å². The summed E-state index contributed by atoms with van der Waals surface area (Å²) in [5.41, 5.74) is -1.80. The summed E-state index contributed by atoms with van der Waals surface area (Å²) in [6.45, 7) is 3.87. The summed E-state index contributed by atoms with van der Waals surface area (Å²) in [5.74, 6) is -3.63. The lowest BCUT2D eigenvalue weighted by Gasteiger charge is -2.28. The topological polar surface area (TPSA) is 98.4 Å². The van der Waals surface area contributed by atoms with Crippen molar-refractivity contribution in [3.8, 4) is 6.07 Å². The Morgan fingerprint density at radius 1 is 1.16 bits per heavy atom. The van der Waals surface area contributed by atoms with Gasteiger partial charge in [0.2, 0.25) is 0 Å². The van der Waals surface area contributed by atoms with Gasteiger partial charge >= 0.3 is 11.9 Å². The summed E-state index contributed by atoms with van der Waals surface area (Å²) >= 11 is 0. The van der Waals surface area contributed by atoms with Crippen LogP contribution in [0.15, 0.2) is 0 Å². The number of nitriles is 1. The van der Waals surface area contributed by atoms with Crippen molar-refractivity contribution in [3.05, 3.63) is 0 Å². The number of aliphatic carboxylic acids is 2. The van der Waals surface area contributed by atoms with Crippen molar-refractivity contribution < 1.29 is 19.8 Å². The number of carboxylic acids is 2. The average Bonchev–Trinajstić information content (AvgIpc) is 2.37. The highest BCUT2D eigenvalue weighted by Gasteiger charge is 2.49. The maximum absolute atomic E-state index is 11.5. The van der Waals surface area contributed by atoms with Gasteiger partial charge in [-0.3, -0.25) is 9.59 Å². The molecule has 0 aliphatic rings. The first kappa shape index (κ1) is 17.4. The Morgan fingerprint density at radius 3 is 2.11 bits per heavy atom. The highest BCUT2D eigenvalue weighted by Crippen LogP contribution is 2.37. The molecular formula is C14H23NO4. The molecule has 0 aromatic rings.